The predicted molar refractivity (Wildman–Crippen MR) is 67.2 cm³/mol. The highest BCUT2D eigenvalue weighted by atomic mass is 16.1. The standard InChI is InChI=1S/C15H16O/c1-3-12-4-6-13(7-5-12)10-14-8-11(2)9-15(14)16/h4-7,9-10H,3,8H2,1-2H3/b14-10+. The third kappa shape index (κ3) is 2.30. The summed E-state index contributed by atoms with van der Waals surface area (Å²) in [4.78, 5) is 11.6. The van der Waals surface area contributed by atoms with E-state index in [4.69, 9.17) is 0 Å². The van der Waals surface area contributed by atoms with Gasteiger partial charge in [0.15, 0.2) is 5.78 Å². The van der Waals surface area contributed by atoms with Crippen molar-refractivity contribution in [2.75, 3.05) is 0 Å². The number of ketones is 1. The molecule has 0 saturated heterocycles. The number of hydrogen-bond donors (Lipinski definition) is 0. The second kappa shape index (κ2) is 4.48. The maximum absolute atomic E-state index is 11.6. The van der Waals surface area contributed by atoms with Crippen LogP contribution in [0.3, 0.4) is 0 Å². The molecule has 82 valence electrons. The second-order valence-electron chi connectivity index (χ2n) is 4.30. The molecule has 0 amide bonds. The van der Waals surface area contributed by atoms with Crippen LogP contribution in [0.5, 0.6) is 0 Å². The zero-order valence-electron chi connectivity index (χ0n) is 9.79. The fourth-order valence-corrected chi connectivity index (χ4v) is 1.93. The van der Waals surface area contributed by atoms with Crippen molar-refractivity contribution in [2.45, 2.75) is 26.7 Å². The molecule has 1 nitrogen and oxygen atoms in total. The minimum Gasteiger partial charge on any atom is -0.290 e. The van der Waals surface area contributed by atoms with Crippen LogP contribution in [0.4, 0.5) is 0 Å². The molecule has 0 unspecified atom stereocenters. The van der Waals surface area contributed by atoms with Crippen molar-refractivity contribution in [3.05, 3.63) is 52.6 Å². The minimum atomic E-state index is 0.164. The van der Waals surface area contributed by atoms with Crippen molar-refractivity contribution in [1.29, 1.82) is 0 Å². The van der Waals surface area contributed by atoms with Crippen LogP contribution >= 0.6 is 0 Å². The van der Waals surface area contributed by atoms with Crippen LogP contribution in [0.2, 0.25) is 0 Å². The van der Waals surface area contributed by atoms with Gasteiger partial charge in [0.1, 0.15) is 0 Å². The van der Waals surface area contributed by atoms with Gasteiger partial charge in [-0.1, -0.05) is 36.8 Å². The maximum Gasteiger partial charge on any atom is 0.182 e. The Morgan fingerprint density at radius 2 is 1.94 bits per heavy atom. The van der Waals surface area contributed by atoms with Crippen molar-refractivity contribution >= 4 is 11.9 Å². The molecule has 1 aliphatic rings. The summed E-state index contributed by atoms with van der Waals surface area (Å²) < 4.78 is 0. The highest BCUT2D eigenvalue weighted by Crippen LogP contribution is 2.23. The molecule has 0 radical (unpaired) electrons. The highest BCUT2D eigenvalue weighted by molar-refractivity contribution is 6.10. The minimum absolute atomic E-state index is 0.164. The van der Waals surface area contributed by atoms with Crippen LogP contribution in [0, 0.1) is 0 Å². The van der Waals surface area contributed by atoms with Crippen molar-refractivity contribution in [3.8, 4) is 0 Å². The summed E-state index contributed by atoms with van der Waals surface area (Å²) in [6, 6.07) is 8.39. The fourth-order valence-electron chi connectivity index (χ4n) is 1.93. The lowest BCUT2D eigenvalue weighted by Crippen LogP contribution is -1.90. The molecule has 0 aromatic heterocycles. The van der Waals surface area contributed by atoms with E-state index in [1.165, 1.54) is 5.56 Å². The van der Waals surface area contributed by atoms with E-state index in [2.05, 4.69) is 31.2 Å². The Morgan fingerprint density at radius 3 is 2.44 bits per heavy atom. The molecule has 16 heavy (non-hydrogen) atoms. The van der Waals surface area contributed by atoms with Gasteiger partial charge in [-0.05, 0) is 43.0 Å². The van der Waals surface area contributed by atoms with Gasteiger partial charge in [-0.2, -0.15) is 0 Å². The average Bonchev–Trinajstić information content (AvgIpc) is 2.59. The number of rotatable bonds is 2. The first kappa shape index (κ1) is 10.9. The summed E-state index contributed by atoms with van der Waals surface area (Å²) in [5, 5.41) is 0. The molecular formula is C15H16O. The Kier molecular flexibility index (Phi) is 3.04. The van der Waals surface area contributed by atoms with Gasteiger partial charge in [-0.25, -0.2) is 0 Å². The Balaban J connectivity index is 2.21. The third-order valence-electron chi connectivity index (χ3n) is 2.89. The topological polar surface area (TPSA) is 17.1 Å². The highest BCUT2D eigenvalue weighted by Gasteiger charge is 2.14. The Bertz CT molecular complexity index is 461. The summed E-state index contributed by atoms with van der Waals surface area (Å²) in [6.45, 7) is 4.14. The summed E-state index contributed by atoms with van der Waals surface area (Å²) in [5.41, 5.74) is 4.50. The Labute approximate surface area is 96.5 Å². The second-order valence-corrected chi connectivity index (χ2v) is 4.30. The first-order valence-corrected chi connectivity index (χ1v) is 5.70. The van der Waals surface area contributed by atoms with Crippen LogP contribution in [-0.2, 0) is 11.2 Å². The lowest BCUT2D eigenvalue weighted by atomic mass is 10.1. The van der Waals surface area contributed by atoms with E-state index in [0.717, 1.165) is 29.6 Å². The maximum atomic E-state index is 11.6. The molecule has 0 atom stereocenters. The number of carbonyl (C=O) groups is 1. The van der Waals surface area contributed by atoms with Crippen LogP contribution in [0.15, 0.2) is 41.5 Å². The molecule has 1 aromatic rings. The van der Waals surface area contributed by atoms with Gasteiger partial charge in [0.2, 0.25) is 0 Å². The Morgan fingerprint density at radius 1 is 1.25 bits per heavy atom. The van der Waals surface area contributed by atoms with Crippen molar-refractivity contribution in [2.24, 2.45) is 0 Å². The van der Waals surface area contributed by atoms with Crippen LogP contribution < -0.4 is 0 Å². The number of allylic oxidation sites excluding steroid dienone is 3. The Hall–Kier alpha value is -1.63. The third-order valence-corrected chi connectivity index (χ3v) is 2.89. The molecule has 0 aliphatic heterocycles. The van der Waals surface area contributed by atoms with Gasteiger partial charge in [-0.15, -0.1) is 0 Å². The van der Waals surface area contributed by atoms with E-state index >= 15 is 0 Å². The number of hydrogen-bond acceptors (Lipinski definition) is 1. The summed E-state index contributed by atoms with van der Waals surface area (Å²) in [6.07, 6.45) is 5.58. The first-order valence-electron chi connectivity index (χ1n) is 5.70. The van der Waals surface area contributed by atoms with E-state index in [1.807, 2.05) is 13.0 Å². The van der Waals surface area contributed by atoms with E-state index in [0.29, 0.717) is 0 Å². The molecule has 1 aliphatic carbocycles. The largest absolute Gasteiger partial charge is 0.290 e. The molecule has 0 spiro atoms. The van der Waals surface area contributed by atoms with Gasteiger partial charge in [0.25, 0.3) is 0 Å². The van der Waals surface area contributed by atoms with E-state index in [-0.39, 0.29) is 5.78 Å². The van der Waals surface area contributed by atoms with Crippen molar-refractivity contribution in [1.82, 2.24) is 0 Å². The van der Waals surface area contributed by atoms with E-state index in [1.54, 1.807) is 6.08 Å². The van der Waals surface area contributed by atoms with E-state index < -0.39 is 0 Å². The smallest absolute Gasteiger partial charge is 0.182 e. The predicted octanol–water partition coefficient (Wildman–Crippen LogP) is 3.55. The van der Waals surface area contributed by atoms with Gasteiger partial charge >= 0.3 is 0 Å². The molecule has 0 saturated carbocycles. The van der Waals surface area contributed by atoms with Gasteiger partial charge in [0, 0.05) is 5.57 Å². The summed E-state index contributed by atoms with van der Waals surface area (Å²) in [7, 11) is 0. The summed E-state index contributed by atoms with van der Waals surface area (Å²) >= 11 is 0. The molecular weight excluding hydrogens is 196 g/mol. The zero-order valence-corrected chi connectivity index (χ0v) is 9.79. The molecule has 0 bridgehead atoms. The number of aryl methyl sites for hydroxylation is 1. The molecule has 1 aromatic carbocycles. The van der Waals surface area contributed by atoms with Crippen LogP contribution in [0.1, 0.15) is 31.4 Å². The number of carbonyl (C=O) groups excluding carboxylic acids is 1. The zero-order chi connectivity index (χ0) is 11.5. The van der Waals surface area contributed by atoms with Gasteiger partial charge < -0.3 is 0 Å². The lowest BCUT2D eigenvalue weighted by Gasteiger charge is -1.99. The van der Waals surface area contributed by atoms with Crippen molar-refractivity contribution < 1.29 is 4.79 Å². The van der Waals surface area contributed by atoms with Crippen molar-refractivity contribution in [3.63, 3.8) is 0 Å². The molecule has 1 heteroatoms. The molecule has 0 heterocycles. The molecule has 2 rings (SSSR count). The monoisotopic (exact) mass is 212 g/mol. The molecule has 0 fully saturated rings. The summed E-state index contributed by atoms with van der Waals surface area (Å²) in [5.74, 6) is 0.164. The number of benzene rings is 1. The van der Waals surface area contributed by atoms with Gasteiger partial charge in [0.05, 0.1) is 0 Å². The molecule has 0 N–H and O–H groups in total. The van der Waals surface area contributed by atoms with Crippen LogP contribution in [0.25, 0.3) is 6.08 Å². The normalized spacial score (nSPS) is 18.0. The fraction of sp³-hybridized carbons (Fsp3) is 0.267. The SMILES string of the molecule is CCc1ccc(/C=C2\CC(C)=CC2=O)cc1. The average molecular weight is 212 g/mol. The lowest BCUT2D eigenvalue weighted by molar-refractivity contribution is -0.111. The van der Waals surface area contributed by atoms with Gasteiger partial charge in [-0.3, -0.25) is 4.79 Å². The quantitative estimate of drug-likeness (QED) is 0.685. The first-order chi connectivity index (χ1) is 7.69. The van der Waals surface area contributed by atoms with Crippen LogP contribution in [-0.4, -0.2) is 5.78 Å². The van der Waals surface area contributed by atoms with E-state index in [9.17, 15) is 4.79 Å².